The van der Waals surface area contributed by atoms with Crippen molar-refractivity contribution in [1.82, 2.24) is 15.6 Å². The molecule has 2 aromatic heterocycles. The molecule has 2 heterocycles. The van der Waals surface area contributed by atoms with Gasteiger partial charge in [-0.2, -0.15) is 11.3 Å². The maximum Gasteiger partial charge on any atom is 0.191 e. The molecule has 136 valence electrons. The van der Waals surface area contributed by atoms with E-state index in [4.69, 9.17) is 0 Å². The Morgan fingerprint density at radius 3 is 2.85 bits per heavy atom. The predicted octanol–water partition coefficient (Wildman–Crippen LogP) is 3.26. The fraction of sp³-hybridized carbons (Fsp3) is 0.300. The van der Waals surface area contributed by atoms with Gasteiger partial charge < -0.3 is 15.7 Å². The minimum absolute atomic E-state index is 0.378. The minimum atomic E-state index is -0.947. The monoisotopic (exact) mass is 368 g/mol. The van der Waals surface area contributed by atoms with Crippen molar-refractivity contribution in [2.24, 2.45) is 4.99 Å². The molecular weight excluding hydrogens is 344 g/mol. The number of aromatic nitrogens is 1. The van der Waals surface area contributed by atoms with E-state index in [9.17, 15) is 5.11 Å². The SMILES string of the molecule is CCNC(=NCc1cccc2cccnc12)NCC(C)(O)c1ccsc1. The summed E-state index contributed by atoms with van der Waals surface area (Å²) in [4.78, 5) is 9.14. The summed E-state index contributed by atoms with van der Waals surface area (Å²) in [5.74, 6) is 0.677. The molecule has 1 unspecified atom stereocenters. The second-order valence-corrected chi connectivity index (χ2v) is 7.11. The van der Waals surface area contributed by atoms with Gasteiger partial charge in [0.15, 0.2) is 5.96 Å². The van der Waals surface area contributed by atoms with Crippen LogP contribution in [0.3, 0.4) is 0 Å². The molecule has 0 amide bonds. The first-order valence-corrected chi connectivity index (χ1v) is 9.64. The lowest BCUT2D eigenvalue weighted by atomic mass is 9.99. The molecule has 0 fully saturated rings. The number of para-hydroxylation sites is 1. The topological polar surface area (TPSA) is 69.5 Å². The second kappa shape index (κ2) is 8.29. The van der Waals surface area contributed by atoms with Crippen LogP contribution < -0.4 is 10.6 Å². The van der Waals surface area contributed by atoms with E-state index in [1.54, 1.807) is 24.5 Å². The lowest BCUT2D eigenvalue weighted by molar-refractivity contribution is 0.0621. The smallest absolute Gasteiger partial charge is 0.191 e. The van der Waals surface area contributed by atoms with Gasteiger partial charge in [0.1, 0.15) is 5.60 Å². The third-order valence-electron chi connectivity index (χ3n) is 4.21. The zero-order chi connectivity index (χ0) is 18.4. The number of aliphatic hydroxyl groups is 1. The largest absolute Gasteiger partial charge is 0.384 e. The van der Waals surface area contributed by atoms with Crippen molar-refractivity contribution in [3.05, 3.63) is 64.5 Å². The Bertz CT molecular complexity index is 869. The standard InChI is InChI=1S/C20H24N4OS/c1-3-21-19(24-14-20(2,25)17-9-11-26-13-17)23-12-16-7-4-6-15-8-5-10-22-18(15)16/h4-11,13,25H,3,12,14H2,1-2H3,(H2,21,23,24). The Morgan fingerprint density at radius 1 is 1.23 bits per heavy atom. The molecule has 0 aliphatic heterocycles. The van der Waals surface area contributed by atoms with E-state index in [1.807, 2.05) is 41.9 Å². The summed E-state index contributed by atoms with van der Waals surface area (Å²) in [6.45, 7) is 5.47. The molecule has 3 aromatic rings. The molecule has 26 heavy (non-hydrogen) atoms. The van der Waals surface area contributed by atoms with E-state index in [-0.39, 0.29) is 0 Å². The van der Waals surface area contributed by atoms with E-state index in [2.05, 4.69) is 32.7 Å². The van der Waals surface area contributed by atoms with Gasteiger partial charge in [0.25, 0.3) is 0 Å². The zero-order valence-electron chi connectivity index (χ0n) is 15.1. The highest BCUT2D eigenvalue weighted by molar-refractivity contribution is 7.08. The van der Waals surface area contributed by atoms with Gasteiger partial charge in [0.2, 0.25) is 0 Å². The molecule has 3 rings (SSSR count). The molecule has 0 spiro atoms. The van der Waals surface area contributed by atoms with Crippen molar-refractivity contribution >= 4 is 28.2 Å². The van der Waals surface area contributed by atoms with Crippen LogP contribution in [-0.4, -0.2) is 29.1 Å². The van der Waals surface area contributed by atoms with Crippen molar-refractivity contribution in [3.63, 3.8) is 0 Å². The number of hydrogen-bond donors (Lipinski definition) is 3. The van der Waals surface area contributed by atoms with Gasteiger partial charge in [-0.15, -0.1) is 0 Å². The number of hydrogen-bond acceptors (Lipinski definition) is 4. The molecule has 3 N–H and O–H groups in total. The maximum atomic E-state index is 10.7. The molecule has 0 saturated carbocycles. The van der Waals surface area contributed by atoms with Crippen molar-refractivity contribution in [2.45, 2.75) is 26.0 Å². The Balaban J connectivity index is 1.73. The number of nitrogens with zero attached hydrogens (tertiary/aromatic N) is 2. The van der Waals surface area contributed by atoms with Crippen molar-refractivity contribution in [1.29, 1.82) is 0 Å². The van der Waals surface area contributed by atoms with Crippen LogP contribution in [0.2, 0.25) is 0 Å². The molecule has 1 aromatic carbocycles. The highest BCUT2D eigenvalue weighted by atomic mass is 32.1. The molecule has 6 heteroatoms. The first-order chi connectivity index (χ1) is 12.6. The van der Waals surface area contributed by atoms with E-state index >= 15 is 0 Å². The molecule has 0 aliphatic carbocycles. The van der Waals surface area contributed by atoms with E-state index < -0.39 is 5.60 Å². The number of aliphatic imine (C=N–C) groups is 1. The number of thiophene rings is 1. The molecular formula is C20H24N4OS. The Kier molecular flexibility index (Phi) is 5.85. The minimum Gasteiger partial charge on any atom is -0.384 e. The summed E-state index contributed by atoms with van der Waals surface area (Å²) < 4.78 is 0. The average Bonchev–Trinajstić information content (AvgIpc) is 3.20. The maximum absolute atomic E-state index is 10.7. The van der Waals surface area contributed by atoms with Gasteiger partial charge in [-0.25, -0.2) is 4.99 Å². The lowest BCUT2D eigenvalue weighted by Crippen LogP contribution is -2.44. The number of pyridine rings is 1. The molecule has 0 radical (unpaired) electrons. The van der Waals surface area contributed by atoms with Crippen LogP contribution in [0.5, 0.6) is 0 Å². The summed E-state index contributed by atoms with van der Waals surface area (Å²) in [5, 5.41) is 22.2. The first kappa shape index (κ1) is 18.4. The van der Waals surface area contributed by atoms with E-state index in [1.165, 1.54) is 0 Å². The Hall–Kier alpha value is -2.44. The average molecular weight is 369 g/mol. The number of guanidine groups is 1. The van der Waals surface area contributed by atoms with Gasteiger partial charge in [-0.1, -0.05) is 24.3 Å². The normalized spacial score (nSPS) is 14.2. The fourth-order valence-corrected chi connectivity index (χ4v) is 3.51. The first-order valence-electron chi connectivity index (χ1n) is 8.70. The Morgan fingerprint density at radius 2 is 2.08 bits per heavy atom. The van der Waals surface area contributed by atoms with Crippen LogP contribution in [0.4, 0.5) is 0 Å². The van der Waals surface area contributed by atoms with Crippen molar-refractivity contribution in [3.8, 4) is 0 Å². The summed E-state index contributed by atoms with van der Waals surface area (Å²) in [6, 6.07) is 12.1. The molecule has 0 saturated heterocycles. The quantitative estimate of drug-likeness (QED) is 0.461. The van der Waals surface area contributed by atoms with Gasteiger partial charge in [-0.3, -0.25) is 4.98 Å². The molecule has 5 nitrogen and oxygen atoms in total. The van der Waals surface area contributed by atoms with E-state index in [0.29, 0.717) is 19.0 Å². The van der Waals surface area contributed by atoms with Gasteiger partial charge in [0.05, 0.1) is 18.6 Å². The van der Waals surface area contributed by atoms with Crippen molar-refractivity contribution < 1.29 is 5.11 Å². The summed E-state index contributed by atoms with van der Waals surface area (Å²) in [6.07, 6.45) is 1.80. The van der Waals surface area contributed by atoms with Gasteiger partial charge in [0, 0.05) is 18.1 Å². The van der Waals surface area contributed by atoms with Crippen LogP contribution >= 0.6 is 11.3 Å². The summed E-state index contributed by atoms with van der Waals surface area (Å²) >= 11 is 1.58. The number of nitrogens with one attached hydrogen (secondary N) is 2. The molecule has 0 aliphatic rings. The summed E-state index contributed by atoms with van der Waals surface area (Å²) in [5.41, 5.74) is 2.01. The highest BCUT2D eigenvalue weighted by Crippen LogP contribution is 2.22. The number of rotatable bonds is 6. The van der Waals surface area contributed by atoms with Crippen molar-refractivity contribution in [2.75, 3.05) is 13.1 Å². The molecule has 0 bridgehead atoms. The fourth-order valence-electron chi connectivity index (χ4n) is 2.73. The van der Waals surface area contributed by atoms with E-state index in [0.717, 1.165) is 28.6 Å². The molecule has 1 atom stereocenters. The third kappa shape index (κ3) is 4.39. The zero-order valence-corrected chi connectivity index (χ0v) is 15.9. The van der Waals surface area contributed by atoms with Crippen LogP contribution in [-0.2, 0) is 12.1 Å². The van der Waals surface area contributed by atoms with Crippen LogP contribution in [0.1, 0.15) is 25.0 Å². The van der Waals surface area contributed by atoms with Crippen LogP contribution in [0.25, 0.3) is 10.9 Å². The predicted molar refractivity (Wildman–Crippen MR) is 108 cm³/mol. The second-order valence-electron chi connectivity index (χ2n) is 6.33. The lowest BCUT2D eigenvalue weighted by Gasteiger charge is -2.24. The van der Waals surface area contributed by atoms with Crippen LogP contribution in [0, 0.1) is 0 Å². The number of fused-ring (bicyclic) bond motifs is 1. The highest BCUT2D eigenvalue weighted by Gasteiger charge is 2.23. The summed E-state index contributed by atoms with van der Waals surface area (Å²) in [7, 11) is 0. The number of benzene rings is 1. The third-order valence-corrected chi connectivity index (χ3v) is 4.89. The van der Waals surface area contributed by atoms with Gasteiger partial charge in [-0.05, 0) is 47.9 Å². The Labute approximate surface area is 157 Å². The van der Waals surface area contributed by atoms with Crippen LogP contribution in [0.15, 0.2) is 58.3 Å². The van der Waals surface area contributed by atoms with Gasteiger partial charge >= 0.3 is 0 Å².